The first-order chi connectivity index (χ1) is 8.58. The lowest BCUT2D eigenvalue weighted by Gasteiger charge is -2.35. The van der Waals surface area contributed by atoms with E-state index in [0.717, 1.165) is 12.1 Å². The van der Waals surface area contributed by atoms with Gasteiger partial charge in [0.05, 0.1) is 10.7 Å². The summed E-state index contributed by atoms with van der Waals surface area (Å²) in [7, 11) is 0. The fourth-order valence-electron chi connectivity index (χ4n) is 2.94. The predicted octanol–water partition coefficient (Wildman–Crippen LogP) is 5.11. The molecule has 1 fully saturated rings. The van der Waals surface area contributed by atoms with Gasteiger partial charge in [0, 0.05) is 6.04 Å². The largest absolute Gasteiger partial charge is 0.381 e. The van der Waals surface area contributed by atoms with Crippen LogP contribution >= 0.6 is 11.6 Å². The molecule has 1 aromatic rings. The second-order valence-corrected chi connectivity index (χ2v) is 5.97. The smallest absolute Gasteiger partial charge is 0.125 e. The third-order valence-corrected chi connectivity index (χ3v) is 4.27. The number of hydrogen-bond donors (Lipinski definition) is 1. The molecule has 2 unspecified atom stereocenters. The molecule has 0 amide bonds. The van der Waals surface area contributed by atoms with E-state index in [4.69, 9.17) is 11.6 Å². The van der Waals surface area contributed by atoms with Crippen LogP contribution in [0.5, 0.6) is 0 Å². The average molecular weight is 270 g/mol. The molecule has 0 saturated heterocycles. The standard InChI is InChI=1S/C15H21ClFN/c1-10(2)12-5-3-4-6-14(12)18-15-9-11(17)7-8-13(15)16/h7-10,12,14,18H,3-6H2,1-2H3. The van der Waals surface area contributed by atoms with E-state index in [-0.39, 0.29) is 5.82 Å². The molecule has 2 rings (SSSR count). The van der Waals surface area contributed by atoms with Crippen LogP contribution in [-0.2, 0) is 0 Å². The van der Waals surface area contributed by atoms with Crippen LogP contribution in [0.2, 0.25) is 5.02 Å². The Bertz CT molecular complexity index is 405. The van der Waals surface area contributed by atoms with Gasteiger partial charge in [-0.3, -0.25) is 0 Å². The highest BCUT2D eigenvalue weighted by Crippen LogP contribution is 2.34. The number of hydrogen-bond acceptors (Lipinski definition) is 1. The zero-order valence-electron chi connectivity index (χ0n) is 11.0. The van der Waals surface area contributed by atoms with Crippen LogP contribution in [0, 0.1) is 17.7 Å². The van der Waals surface area contributed by atoms with Crippen LogP contribution in [0.4, 0.5) is 10.1 Å². The average Bonchev–Trinajstić information content (AvgIpc) is 2.34. The zero-order valence-corrected chi connectivity index (χ0v) is 11.8. The van der Waals surface area contributed by atoms with Crippen molar-refractivity contribution in [3.63, 3.8) is 0 Å². The van der Waals surface area contributed by atoms with Crippen molar-refractivity contribution in [2.24, 2.45) is 11.8 Å². The van der Waals surface area contributed by atoms with Crippen LogP contribution in [-0.4, -0.2) is 6.04 Å². The first-order valence-electron chi connectivity index (χ1n) is 6.79. The summed E-state index contributed by atoms with van der Waals surface area (Å²) in [5, 5.41) is 4.05. The van der Waals surface area contributed by atoms with Crippen LogP contribution in [0.25, 0.3) is 0 Å². The van der Waals surface area contributed by atoms with E-state index in [1.807, 2.05) is 0 Å². The Kier molecular flexibility index (Phi) is 4.50. The molecule has 0 aromatic heterocycles. The maximum atomic E-state index is 13.3. The van der Waals surface area contributed by atoms with Gasteiger partial charge in [-0.25, -0.2) is 4.39 Å². The highest BCUT2D eigenvalue weighted by atomic mass is 35.5. The molecule has 1 aliphatic rings. The van der Waals surface area contributed by atoms with Gasteiger partial charge in [0.2, 0.25) is 0 Å². The Morgan fingerprint density at radius 3 is 2.72 bits per heavy atom. The second-order valence-electron chi connectivity index (χ2n) is 5.57. The van der Waals surface area contributed by atoms with Gasteiger partial charge in [-0.1, -0.05) is 38.3 Å². The summed E-state index contributed by atoms with van der Waals surface area (Å²) in [6, 6.07) is 4.92. The van der Waals surface area contributed by atoms with Crippen molar-refractivity contribution in [1.82, 2.24) is 0 Å². The van der Waals surface area contributed by atoms with Gasteiger partial charge in [-0.15, -0.1) is 0 Å². The monoisotopic (exact) mass is 269 g/mol. The fourth-order valence-corrected chi connectivity index (χ4v) is 3.12. The molecule has 0 spiro atoms. The molecule has 1 saturated carbocycles. The first kappa shape index (κ1) is 13.7. The Labute approximate surface area is 114 Å². The summed E-state index contributed by atoms with van der Waals surface area (Å²) in [6.45, 7) is 4.52. The van der Waals surface area contributed by atoms with Gasteiger partial charge in [0.1, 0.15) is 5.82 Å². The van der Waals surface area contributed by atoms with Gasteiger partial charge >= 0.3 is 0 Å². The molecule has 1 aromatic carbocycles. The van der Waals surface area contributed by atoms with Gasteiger partial charge in [0.25, 0.3) is 0 Å². The third kappa shape index (κ3) is 3.17. The lowest BCUT2D eigenvalue weighted by Crippen LogP contribution is -2.35. The van der Waals surface area contributed by atoms with E-state index < -0.39 is 0 Å². The van der Waals surface area contributed by atoms with Crippen molar-refractivity contribution in [3.8, 4) is 0 Å². The fraction of sp³-hybridized carbons (Fsp3) is 0.600. The van der Waals surface area contributed by atoms with Crippen LogP contribution in [0.15, 0.2) is 18.2 Å². The van der Waals surface area contributed by atoms with E-state index in [9.17, 15) is 4.39 Å². The molecule has 1 aliphatic carbocycles. The first-order valence-corrected chi connectivity index (χ1v) is 7.17. The normalized spacial score (nSPS) is 24.3. The van der Waals surface area contributed by atoms with Gasteiger partial charge in [-0.2, -0.15) is 0 Å². The van der Waals surface area contributed by atoms with Gasteiger partial charge < -0.3 is 5.32 Å². The molecular formula is C15H21ClFN. The Morgan fingerprint density at radius 2 is 2.00 bits per heavy atom. The highest BCUT2D eigenvalue weighted by molar-refractivity contribution is 6.33. The topological polar surface area (TPSA) is 12.0 Å². The van der Waals surface area contributed by atoms with Crippen molar-refractivity contribution in [2.75, 3.05) is 5.32 Å². The minimum atomic E-state index is -0.237. The van der Waals surface area contributed by atoms with Crippen LogP contribution < -0.4 is 5.32 Å². The second kappa shape index (κ2) is 5.92. The molecule has 100 valence electrons. The summed E-state index contributed by atoms with van der Waals surface area (Å²) >= 11 is 6.11. The lowest BCUT2D eigenvalue weighted by atomic mass is 9.78. The highest BCUT2D eigenvalue weighted by Gasteiger charge is 2.27. The van der Waals surface area contributed by atoms with Crippen molar-refractivity contribution >= 4 is 17.3 Å². The Morgan fingerprint density at radius 1 is 1.28 bits per heavy atom. The molecule has 2 atom stereocenters. The molecule has 18 heavy (non-hydrogen) atoms. The Balaban J connectivity index is 2.13. The number of anilines is 1. The maximum absolute atomic E-state index is 13.3. The number of benzene rings is 1. The van der Waals surface area contributed by atoms with Crippen molar-refractivity contribution < 1.29 is 4.39 Å². The molecule has 0 heterocycles. The molecule has 0 bridgehead atoms. The SMILES string of the molecule is CC(C)C1CCCCC1Nc1cc(F)ccc1Cl. The summed E-state index contributed by atoms with van der Waals surface area (Å²) in [6.07, 6.45) is 4.95. The van der Waals surface area contributed by atoms with Crippen LogP contribution in [0.3, 0.4) is 0 Å². The number of halogens is 2. The molecule has 1 N–H and O–H groups in total. The quantitative estimate of drug-likeness (QED) is 0.804. The van der Waals surface area contributed by atoms with Crippen molar-refractivity contribution in [3.05, 3.63) is 29.0 Å². The van der Waals surface area contributed by atoms with E-state index in [0.29, 0.717) is 22.9 Å². The predicted molar refractivity (Wildman–Crippen MR) is 75.6 cm³/mol. The maximum Gasteiger partial charge on any atom is 0.125 e. The van der Waals surface area contributed by atoms with Gasteiger partial charge in [-0.05, 0) is 42.9 Å². The molecule has 1 nitrogen and oxygen atoms in total. The molecular weight excluding hydrogens is 249 g/mol. The summed E-state index contributed by atoms with van der Waals surface area (Å²) in [4.78, 5) is 0. The van der Waals surface area contributed by atoms with Crippen molar-refractivity contribution in [1.29, 1.82) is 0 Å². The minimum Gasteiger partial charge on any atom is -0.381 e. The van der Waals surface area contributed by atoms with E-state index >= 15 is 0 Å². The van der Waals surface area contributed by atoms with Crippen LogP contribution in [0.1, 0.15) is 39.5 Å². The Hall–Kier alpha value is -0.760. The molecule has 0 radical (unpaired) electrons. The van der Waals surface area contributed by atoms with E-state index in [1.165, 1.54) is 31.4 Å². The third-order valence-electron chi connectivity index (χ3n) is 3.95. The lowest BCUT2D eigenvalue weighted by molar-refractivity contribution is 0.254. The van der Waals surface area contributed by atoms with E-state index in [1.54, 1.807) is 6.07 Å². The minimum absolute atomic E-state index is 0.237. The van der Waals surface area contributed by atoms with Gasteiger partial charge in [0.15, 0.2) is 0 Å². The van der Waals surface area contributed by atoms with Crippen molar-refractivity contribution in [2.45, 2.75) is 45.6 Å². The zero-order chi connectivity index (χ0) is 13.1. The number of rotatable bonds is 3. The molecule has 3 heteroatoms. The molecule has 0 aliphatic heterocycles. The number of nitrogens with one attached hydrogen (secondary N) is 1. The summed E-state index contributed by atoms with van der Waals surface area (Å²) < 4.78 is 13.3. The van der Waals surface area contributed by atoms with E-state index in [2.05, 4.69) is 19.2 Å². The summed E-state index contributed by atoms with van der Waals surface area (Å²) in [5.41, 5.74) is 0.731. The summed E-state index contributed by atoms with van der Waals surface area (Å²) in [5.74, 6) is 1.06.